The fourth-order valence-corrected chi connectivity index (χ4v) is 1.77. The maximum Gasteiger partial charge on any atom is 0.0764 e. The van der Waals surface area contributed by atoms with Gasteiger partial charge in [0.25, 0.3) is 0 Å². The molecule has 2 unspecified atom stereocenters. The first kappa shape index (κ1) is 14.2. The molecular weight excluding hydrogens is 212 g/mol. The van der Waals surface area contributed by atoms with Crippen LogP contribution >= 0.6 is 0 Å². The van der Waals surface area contributed by atoms with E-state index in [-0.39, 0.29) is 0 Å². The maximum atomic E-state index is 5.58. The topological polar surface area (TPSA) is 47.1 Å². The fourth-order valence-electron chi connectivity index (χ4n) is 1.77. The molecule has 0 spiro atoms. The van der Waals surface area contributed by atoms with E-state index >= 15 is 0 Å². The van der Waals surface area contributed by atoms with Gasteiger partial charge in [0.05, 0.1) is 5.69 Å². The lowest BCUT2D eigenvalue weighted by molar-refractivity contribution is 0.236. The molecule has 4 heteroatoms. The first-order valence-corrected chi connectivity index (χ1v) is 6.52. The number of nitrogens with zero attached hydrogens (tertiary/aromatic N) is 3. The van der Waals surface area contributed by atoms with Crippen LogP contribution in [0.1, 0.15) is 45.3 Å². The van der Waals surface area contributed by atoms with E-state index in [1.165, 1.54) is 0 Å². The van der Waals surface area contributed by atoms with Crippen molar-refractivity contribution in [1.29, 1.82) is 0 Å². The Morgan fingerprint density at radius 1 is 1.47 bits per heavy atom. The highest BCUT2D eigenvalue weighted by Gasteiger charge is 2.11. The lowest BCUT2D eigenvalue weighted by Crippen LogP contribution is -2.30. The molecule has 1 aromatic rings. The van der Waals surface area contributed by atoms with E-state index in [0.29, 0.717) is 12.1 Å². The Balaban J connectivity index is 2.54. The monoisotopic (exact) mass is 238 g/mol. The molecule has 1 heterocycles. The van der Waals surface area contributed by atoms with Gasteiger partial charge in [0.1, 0.15) is 0 Å². The minimum atomic E-state index is 0.482. The molecule has 0 amide bonds. The zero-order chi connectivity index (χ0) is 12.8. The number of aromatic nitrogens is 2. The highest BCUT2D eigenvalue weighted by molar-refractivity contribution is 4.99. The summed E-state index contributed by atoms with van der Waals surface area (Å²) in [4.78, 5) is 2.30. The molecule has 17 heavy (non-hydrogen) atoms. The van der Waals surface area contributed by atoms with Crippen molar-refractivity contribution in [1.82, 2.24) is 14.7 Å². The molecule has 0 fully saturated rings. The highest BCUT2D eigenvalue weighted by Crippen LogP contribution is 2.11. The predicted molar refractivity (Wildman–Crippen MR) is 71.8 cm³/mol. The molecule has 98 valence electrons. The number of hydrogen-bond donors (Lipinski definition) is 1. The van der Waals surface area contributed by atoms with Gasteiger partial charge in [0.15, 0.2) is 0 Å². The minimum Gasteiger partial charge on any atom is -0.330 e. The fraction of sp³-hybridized carbons (Fsp3) is 0.769. The molecular formula is C13H26N4. The first-order chi connectivity index (χ1) is 8.08. The van der Waals surface area contributed by atoms with Gasteiger partial charge in [0.2, 0.25) is 0 Å². The summed E-state index contributed by atoms with van der Waals surface area (Å²) in [6.45, 7) is 8.22. The van der Waals surface area contributed by atoms with Crippen LogP contribution in [0.5, 0.6) is 0 Å². The van der Waals surface area contributed by atoms with Crippen molar-refractivity contribution < 1.29 is 0 Å². The third kappa shape index (κ3) is 4.13. The van der Waals surface area contributed by atoms with E-state index in [1.807, 2.05) is 0 Å². The quantitative estimate of drug-likeness (QED) is 0.790. The van der Waals surface area contributed by atoms with Crippen LogP contribution in [-0.4, -0.2) is 34.3 Å². The molecule has 0 saturated carbocycles. The van der Waals surface area contributed by atoms with Gasteiger partial charge >= 0.3 is 0 Å². The van der Waals surface area contributed by atoms with Gasteiger partial charge in [-0.25, -0.2) is 0 Å². The van der Waals surface area contributed by atoms with E-state index in [1.54, 1.807) is 0 Å². The molecule has 0 aliphatic heterocycles. The van der Waals surface area contributed by atoms with Crippen LogP contribution in [0.3, 0.4) is 0 Å². The van der Waals surface area contributed by atoms with Crippen LogP contribution in [0, 0.1) is 0 Å². The lowest BCUT2D eigenvalue weighted by Gasteiger charge is -2.23. The molecule has 0 aliphatic carbocycles. The number of hydrogen-bond acceptors (Lipinski definition) is 3. The Morgan fingerprint density at radius 2 is 2.18 bits per heavy atom. The maximum absolute atomic E-state index is 5.58. The van der Waals surface area contributed by atoms with E-state index in [0.717, 1.165) is 31.6 Å². The van der Waals surface area contributed by atoms with Crippen LogP contribution in [0.15, 0.2) is 12.3 Å². The number of rotatable bonds is 7. The van der Waals surface area contributed by atoms with Crippen LogP contribution in [0.2, 0.25) is 0 Å². The van der Waals surface area contributed by atoms with Gasteiger partial charge in [-0.2, -0.15) is 5.10 Å². The van der Waals surface area contributed by atoms with Crippen molar-refractivity contribution in [3.05, 3.63) is 18.0 Å². The lowest BCUT2D eigenvalue weighted by atomic mass is 10.2. The summed E-state index contributed by atoms with van der Waals surface area (Å²) in [6.07, 6.45) is 4.22. The van der Waals surface area contributed by atoms with E-state index < -0.39 is 0 Å². The average molecular weight is 238 g/mol. The second kappa shape index (κ2) is 6.77. The molecule has 0 saturated heterocycles. The van der Waals surface area contributed by atoms with Crippen molar-refractivity contribution in [2.45, 2.75) is 52.2 Å². The Labute approximate surface area is 105 Å². The molecule has 0 radical (unpaired) electrons. The molecule has 2 N–H and O–H groups in total. The SMILES string of the molecule is CCC(C)n1ccc(CN(C)C(C)CCN)n1. The summed E-state index contributed by atoms with van der Waals surface area (Å²) in [5.41, 5.74) is 6.71. The smallest absolute Gasteiger partial charge is 0.0764 e. The summed E-state index contributed by atoms with van der Waals surface area (Å²) in [5, 5.41) is 4.61. The van der Waals surface area contributed by atoms with Gasteiger partial charge in [-0.15, -0.1) is 0 Å². The summed E-state index contributed by atoms with van der Waals surface area (Å²) in [6, 6.07) is 3.10. The van der Waals surface area contributed by atoms with Gasteiger partial charge in [-0.1, -0.05) is 6.92 Å². The summed E-state index contributed by atoms with van der Waals surface area (Å²) < 4.78 is 2.05. The van der Waals surface area contributed by atoms with E-state index in [2.05, 4.69) is 54.8 Å². The Morgan fingerprint density at radius 3 is 2.76 bits per heavy atom. The van der Waals surface area contributed by atoms with Gasteiger partial charge in [0, 0.05) is 24.8 Å². The highest BCUT2D eigenvalue weighted by atomic mass is 15.3. The molecule has 0 aliphatic rings. The predicted octanol–water partition coefficient (Wildman–Crippen LogP) is 2.02. The van der Waals surface area contributed by atoms with Gasteiger partial charge < -0.3 is 5.73 Å². The number of nitrogens with two attached hydrogens (primary N) is 1. The van der Waals surface area contributed by atoms with Crippen molar-refractivity contribution in [2.75, 3.05) is 13.6 Å². The molecule has 1 rings (SSSR count). The van der Waals surface area contributed by atoms with E-state index in [4.69, 9.17) is 5.73 Å². The van der Waals surface area contributed by atoms with Crippen LogP contribution in [-0.2, 0) is 6.54 Å². The summed E-state index contributed by atoms with van der Waals surface area (Å²) in [5.74, 6) is 0. The molecule has 2 atom stereocenters. The summed E-state index contributed by atoms with van der Waals surface area (Å²) in [7, 11) is 2.13. The van der Waals surface area contributed by atoms with Crippen molar-refractivity contribution in [3.63, 3.8) is 0 Å². The standard InChI is InChI=1S/C13H26N4/c1-5-11(2)17-9-7-13(15-17)10-16(4)12(3)6-8-14/h7,9,11-12H,5-6,8,10,14H2,1-4H3. The third-order valence-electron chi connectivity index (χ3n) is 3.45. The van der Waals surface area contributed by atoms with Crippen LogP contribution in [0.25, 0.3) is 0 Å². The average Bonchev–Trinajstić information content (AvgIpc) is 2.76. The third-order valence-corrected chi connectivity index (χ3v) is 3.45. The second-order valence-corrected chi connectivity index (χ2v) is 4.89. The zero-order valence-electron chi connectivity index (χ0n) is 11.6. The Hall–Kier alpha value is -0.870. The van der Waals surface area contributed by atoms with Crippen molar-refractivity contribution in [2.24, 2.45) is 5.73 Å². The van der Waals surface area contributed by atoms with Crippen molar-refractivity contribution >= 4 is 0 Å². The Bertz CT molecular complexity index is 321. The van der Waals surface area contributed by atoms with Gasteiger partial charge in [-0.3, -0.25) is 9.58 Å². The first-order valence-electron chi connectivity index (χ1n) is 6.52. The van der Waals surface area contributed by atoms with Crippen LogP contribution < -0.4 is 5.73 Å². The van der Waals surface area contributed by atoms with E-state index in [9.17, 15) is 0 Å². The molecule has 0 bridgehead atoms. The largest absolute Gasteiger partial charge is 0.330 e. The normalized spacial score (nSPS) is 15.2. The second-order valence-electron chi connectivity index (χ2n) is 4.89. The van der Waals surface area contributed by atoms with Gasteiger partial charge in [-0.05, 0) is 46.3 Å². The van der Waals surface area contributed by atoms with Crippen molar-refractivity contribution in [3.8, 4) is 0 Å². The molecule has 1 aromatic heterocycles. The minimum absolute atomic E-state index is 0.482. The van der Waals surface area contributed by atoms with Crippen LogP contribution in [0.4, 0.5) is 0 Å². The summed E-state index contributed by atoms with van der Waals surface area (Å²) >= 11 is 0. The molecule has 0 aromatic carbocycles. The zero-order valence-corrected chi connectivity index (χ0v) is 11.6. The molecule has 4 nitrogen and oxygen atoms in total. The Kier molecular flexibility index (Phi) is 5.65.